The lowest BCUT2D eigenvalue weighted by atomic mass is 10.1. The molecule has 0 bridgehead atoms. The zero-order valence-corrected chi connectivity index (χ0v) is 11.3. The van der Waals surface area contributed by atoms with Crippen molar-refractivity contribution in [1.29, 1.82) is 0 Å². The van der Waals surface area contributed by atoms with E-state index in [1.54, 1.807) is 6.26 Å². The van der Waals surface area contributed by atoms with Crippen molar-refractivity contribution in [2.24, 2.45) is 0 Å². The first kappa shape index (κ1) is 16.6. The smallest absolute Gasteiger partial charge is 0.469 e. The molecule has 102 valence electrons. The Balaban J connectivity index is 3.18. The van der Waals surface area contributed by atoms with Crippen LogP contribution < -0.4 is 0 Å². The number of phosphoric ester groups is 1. The second-order valence-electron chi connectivity index (χ2n) is 3.77. The van der Waals surface area contributed by atoms with Crippen molar-refractivity contribution in [2.75, 3.05) is 13.2 Å². The van der Waals surface area contributed by atoms with Gasteiger partial charge < -0.3 is 14.5 Å². The largest absolute Gasteiger partial charge is 0.499 e. The topological polar surface area (TPSA) is 76.0 Å². The Morgan fingerprint density at radius 2 is 1.82 bits per heavy atom. The van der Waals surface area contributed by atoms with E-state index in [0.29, 0.717) is 0 Å². The van der Waals surface area contributed by atoms with Crippen LogP contribution in [0, 0.1) is 0 Å². The molecule has 0 radical (unpaired) electrons. The monoisotopic (exact) mass is 266 g/mol. The van der Waals surface area contributed by atoms with Gasteiger partial charge in [-0.05, 0) is 18.9 Å². The minimum atomic E-state index is -4.35. The van der Waals surface area contributed by atoms with E-state index in [9.17, 15) is 4.57 Å². The predicted octanol–water partition coefficient (Wildman–Crippen LogP) is 2.99. The molecule has 2 N–H and O–H groups in total. The van der Waals surface area contributed by atoms with E-state index in [0.717, 1.165) is 12.8 Å². The Bertz CT molecular complexity index is 236. The third kappa shape index (κ3) is 15.6. The van der Waals surface area contributed by atoms with Crippen LogP contribution in [0.3, 0.4) is 0 Å². The molecular formula is C11H23O5P. The lowest BCUT2D eigenvalue weighted by Crippen LogP contribution is -1.99. The molecule has 0 atom stereocenters. The van der Waals surface area contributed by atoms with Crippen molar-refractivity contribution in [2.45, 2.75) is 45.4 Å². The van der Waals surface area contributed by atoms with Crippen LogP contribution in [-0.4, -0.2) is 23.0 Å². The van der Waals surface area contributed by atoms with Gasteiger partial charge in [0.25, 0.3) is 0 Å². The van der Waals surface area contributed by atoms with Gasteiger partial charge in [0.15, 0.2) is 0 Å². The van der Waals surface area contributed by atoms with Crippen molar-refractivity contribution < 1.29 is 23.6 Å². The molecule has 0 amide bonds. The minimum absolute atomic E-state index is 0.106. The highest BCUT2D eigenvalue weighted by molar-refractivity contribution is 7.46. The number of unbranched alkanes of at least 4 members (excludes halogenated alkanes) is 5. The first-order chi connectivity index (χ1) is 8.06. The Kier molecular flexibility index (Phi) is 10.6. The third-order valence-electron chi connectivity index (χ3n) is 2.13. The fraction of sp³-hybridized carbons (Fsp3) is 0.818. The van der Waals surface area contributed by atoms with Gasteiger partial charge in [0.2, 0.25) is 0 Å². The molecule has 0 aromatic carbocycles. The normalized spacial score (nSPS) is 12.2. The Morgan fingerprint density at radius 1 is 1.12 bits per heavy atom. The molecule has 0 saturated carbocycles. The molecule has 0 unspecified atom stereocenters. The third-order valence-corrected chi connectivity index (χ3v) is 2.65. The first-order valence-electron chi connectivity index (χ1n) is 6.03. The first-order valence-corrected chi connectivity index (χ1v) is 7.56. The summed E-state index contributed by atoms with van der Waals surface area (Å²) in [5.41, 5.74) is 0. The van der Waals surface area contributed by atoms with Crippen molar-refractivity contribution in [3.8, 4) is 0 Å². The highest BCUT2D eigenvalue weighted by Crippen LogP contribution is 2.35. The zero-order chi connectivity index (χ0) is 13.0. The van der Waals surface area contributed by atoms with Crippen molar-refractivity contribution in [1.82, 2.24) is 0 Å². The molecule has 5 nitrogen and oxygen atoms in total. The average molecular weight is 266 g/mol. The lowest BCUT2D eigenvalue weighted by Gasteiger charge is -2.04. The Hall–Kier alpha value is -0.350. The van der Waals surface area contributed by atoms with Crippen LogP contribution in [0.25, 0.3) is 0 Å². The Labute approximate surface area is 103 Å². The van der Waals surface area contributed by atoms with Crippen molar-refractivity contribution in [3.05, 3.63) is 12.3 Å². The number of allylic oxidation sites excluding steroid dienone is 1. The van der Waals surface area contributed by atoms with E-state index >= 15 is 0 Å². The van der Waals surface area contributed by atoms with Crippen molar-refractivity contribution in [3.63, 3.8) is 0 Å². The molecule has 0 heterocycles. The zero-order valence-electron chi connectivity index (χ0n) is 10.4. The van der Waals surface area contributed by atoms with Crippen LogP contribution in [0.4, 0.5) is 0 Å². The molecule has 17 heavy (non-hydrogen) atoms. The fourth-order valence-corrected chi connectivity index (χ4v) is 1.59. The summed E-state index contributed by atoms with van der Waals surface area (Å²) in [7, 11) is -4.35. The highest BCUT2D eigenvalue weighted by atomic mass is 31.2. The van der Waals surface area contributed by atoms with Gasteiger partial charge in [0, 0.05) is 0 Å². The lowest BCUT2D eigenvalue weighted by molar-refractivity contribution is 0.140. The fourth-order valence-electron chi connectivity index (χ4n) is 1.27. The standard InChI is InChI=1S/C11H23O5P/c1-2-3-4-5-6-7-8-9-15-10-11-16-17(12,13)14/h8-9H,2-7,10-11H2,1H3,(H2,12,13,14). The second kappa shape index (κ2) is 10.8. The summed E-state index contributed by atoms with van der Waals surface area (Å²) in [4.78, 5) is 16.8. The molecule has 0 aromatic rings. The SMILES string of the molecule is CCCCCCCC=COCCOP(=O)(O)O. The van der Waals surface area contributed by atoms with Gasteiger partial charge in [-0.25, -0.2) is 4.57 Å². The number of ether oxygens (including phenoxy) is 1. The summed E-state index contributed by atoms with van der Waals surface area (Å²) in [6.07, 6.45) is 10.7. The van der Waals surface area contributed by atoms with Crippen LogP contribution in [0.2, 0.25) is 0 Å². The molecule has 0 spiro atoms. The van der Waals surface area contributed by atoms with Gasteiger partial charge in [-0.15, -0.1) is 0 Å². The van der Waals surface area contributed by atoms with Crippen LogP contribution in [0.15, 0.2) is 12.3 Å². The quantitative estimate of drug-likeness (QED) is 0.341. The van der Waals surface area contributed by atoms with Gasteiger partial charge in [-0.3, -0.25) is 4.52 Å². The maximum Gasteiger partial charge on any atom is 0.469 e. The van der Waals surface area contributed by atoms with E-state index in [1.165, 1.54) is 25.7 Å². The number of rotatable bonds is 11. The number of phosphoric acid groups is 1. The predicted molar refractivity (Wildman–Crippen MR) is 66.5 cm³/mol. The van der Waals surface area contributed by atoms with Gasteiger partial charge in [-0.2, -0.15) is 0 Å². The molecule has 0 aromatic heterocycles. The Morgan fingerprint density at radius 3 is 2.47 bits per heavy atom. The van der Waals surface area contributed by atoms with E-state index in [-0.39, 0.29) is 13.2 Å². The van der Waals surface area contributed by atoms with Gasteiger partial charge >= 0.3 is 7.82 Å². The summed E-state index contributed by atoms with van der Waals surface area (Å²) < 4.78 is 19.5. The summed E-state index contributed by atoms with van der Waals surface area (Å²) in [5.74, 6) is 0. The molecule has 6 heteroatoms. The van der Waals surface area contributed by atoms with E-state index < -0.39 is 7.82 Å². The maximum atomic E-state index is 10.3. The molecule has 0 rings (SSSR count). The van der Waals surface area contributed by atoms with Crippen molar-refractivity contribution >= 4 is 7.82 Å². The van der Waals surface area contributed by atoms with Crippen LogP contribution in [-0.2, 0) is 13.8 Å². The minimum Gasteiger partial charge on any atom is -0.499 e. The van der Waals surface area contributed by atoms with Gasteiger partial charge in [0.1, 0.15) is 6.61 Å². The summed E-state index contributed by atoms with van der Waals surface area (Å²) in [6, 6.07) is 0. The highest BCUT2D eigenvalue weighted by Gasteiger charge is 2.12. The maximum absolute atomic E-state index is 10.3. The summed E-state index contributed by atoms with van der Waals surface area (Å²) in [5, 5.41) is 0. The molecule has 0 saturated heterocycles. The van der Waals surface area contributed by atoms with E-state index in [1.807, 2.05) is 6.08 Å². The van der Waals surface area contributed by atoms with Crippen LogP contribution >= 0.6 is 7.82 Å². The van der Waals surface area contributed by atoms with Crippen LogP contribution in [0.1, 0.15) is 45.4 Å². The molecule has 0 fully saturated rings. The molecule has 0 aliphatic heterocycles. The molecule has 0 aliphatic carbocycles. The summed E-state index contributed by atoms with van der Waals surface area (Å²) in [6.45, 7) is 2.23. The summed E-state index contributed by atoms with van der Waals surface area (Å²) >= 11 is 0. The van der Waals surface area contributed by atoms with E-state index in [4.69, 9.17) is 14.5 Å². The van der Waals surface area contributed by atoms with E-state index in [2.05, 4.69) is 11.4 Å². The van der Waals surface area contributed by atoms with Gasteiger partial charge in [-0.1, -0.05) is 32.6 Å². The number of hydrogen-bond donors (Lipinski definition) is 2. The molecule has 0 aliphatic rings. The average Bonchev–Trinajstić information content (AvgIpc) is 2.24. The number of hydrogen-bond acceptors (Lipinski definition) is 3. The second-order valence-corrected chi connectivity index (χ2v) is 5.01. The van der Waals surface area contributed by atoms with Gasteiger partial charge in [0.05, 0.1) is 12.9 Å². The molecular weight excluding hydrogens is 243 g/mol. The van der Waals surface area contributed by atoms with Crippen LogP contribution in [0.5, 0.6) is 0 Å².